The van der Waals surface area contributed by atoms with Crippen LogP contribution in [0.5, 0.6) is 17.2 Å². The van der Waals surface area contributed by atoms with Crippen molar-refractivity contribution < 1.29 is 28.9 Å². The molecule has 0 spiro atoms. The number of phenols is 1. The highest BCUT2D eigenvalue weighted by atomic mass is 19.1. The lowest BCUT2D eigenvalue weighted by Crippen LogP contribution is -2.22. The van der Waals surface area contributed by atoms with E-state index < -0.39 is 11.9 Å². The molecule has 0 saturated heterocycles. The van der Waals surface area contributed by atoms with Gasteiger partial charge in [-0.3, -0.25) is 4.79 Å². The first kappa shape index (κ1) is 21.4. The average molecular weight is 435 g/mol. The van der Waals surface area contributed by atoms with E-state index in [0.29, 0.717) is 35.6 Å². The van der Waals surface area contributed by atoms with E-state index in [1.807, 2.05) is 6.92 Å². The first-order valence-electron chi connectivity index (χ1n) is 10.3. The quantitative estimate of drug-likeness (QED) is 0.504. The van der Waals surface area contributed by atoms with Gasteiger partial charge in [0, 0.05) is 23.2 Å². The number of fused-ring (bicyclic) bond motifs is 1. The number of halogens is 1. The van der Waals surface area contributed by atoms with Crippen molar-refractivity contribution in [1.29, 1.82) is 0 Å². The number of carbonyl (C=O) groups is 2. The molecule has 32 heavy (non-hydrogen) atoms. The minimum absolute atomic E-state index is 0.121. The molecule has 1 aliphatic rings. The zero-order valence-electron chi connectivity index (χ0n) is 17.4. The van der Waals surface area contributed by atoms with E-state index in [1.165, 1.54) is 12.1 Å². The number of carboxylic acid groups (broad SMARTS) is 1. The van der Waals surface area contributed by atoms with Gasteiger partial charge in [0.05, 0.1) is 0 Å². The number of nitrogens with one attached hydrogen (secondary N) is 1. The first-order chi connectivity index (χ1) is 15.3. The van der Waals surface area contributed by atoms with Crippen LogP contribution in [0.25, 0.3) is 0 Å². The number of benzene rings is 3. The molecule has 0 radical (unpaired) electrons. The number of aliphatic carboxylic acids is 1. The van der Waals surface area contributed by atoms with Crippen LogP contribution in [-0.4, -0.2) is 22.1 Å². The summed E-state index contributed by atoms with van der Waals surface area (Å²) < 4.78 is 19.4. The normalized spacial score (nSPS) is 12.3. The van der Waals surface area contributed by atoms with Gasteiger partial charge in [-0.2, -0.15) is 0 Å². The molecule has 0 aromatic heterocycles. The fraction of sp³-hybridized carbons (Fsp3) is 0.200. The molecule has 0 atom stereocenters. The number of anilines is 1. The summed E-state index contributed by atoms with van der Waals surface area (Å²) in [5.74, 6) is -1.59. The van der Waals surface area contributed by atoms with Crippen LogP contribution < -0.4 is 10.1 Å². The van der Waals surface area contributed by atoms with Crippen molar-refractivity contribution in [3.63, 3.8) is 0 Å². The number of hydrogen-bond acceptors (Lipinski definition) is 4. The van der Waals surface area contributed by atoms with E-state index in [-0.39, 0.29) is 11.6 Å². The Bertz CT molecular complexity index is 1200. The number of carbonyl (C=O) groups excluding carboxylic acids is 1. The van der Waals surface area contributed by atoms with Crippen molar-refractivity contribution >= 4 is 17.6 Å². The predicted octanol–water partition coefficient (Wildman–Crippen LogP) is 4.73. The van der Waals surface area contributed by atoms with Gasteiger partial charge >= 0.3 is 11.9 Å². The Labute approximate surface area is 184 Å². The van der Waals surface area contributed by atoms with E-state index in [9.17, 15) is 19.1 Å². The summed E-state index contributed by atoms with van der Waals surface area (Å²) in [5, 5.41) is 21.6. The lowest BCUT2D eigenvalue weighted by atomic mass is 10.0. The molecule has 164 valence electrons. The maximum atomic E-state index is 13.2. The molecule has 0 fully saturated rings. The maximum absolute atomic E-state index is 13.2. The fourth-order valence-electron chi connectivity index (χ4n) is 4.04. The van der Waals surface area contributed by atoms with Gasteiger partial charge in [-0.15, -0.1) is 0 Å². The van der Waals surface area contributed by atoms with Crippen LogP contribution in [0, 0.1) is 12.7 Å². The van der Waals surface area contributed by atoms with Crippen LogP contribution >= 0.6 is 0 Å². The standard InChI is InChI=1S/C25H22FNO5/c1-14-11-21(27-24(29)25(30)31)19-3-2-4-20(19)23(14)32-18-9-10-22(28)16(13-18)12-15-5-7-17(26)8-6-15/h5-11,13,28H,2-4,12H2,1H3,(H,27,29)(H,30,31). The molecule has 7 heteroatoms. The number of ether oxygens (including phenoxy) is 1. The zero-order chi connectivity index (χ0) is 22.8. The molecule has 0 heterocycles. The summed E-state index contributed by atoms with van der Waals surface area (Å²) in [6, 6.07) is 12.8. The van der Waals surface area contributed by atoms with Crippen LogP contribution in [0.2, 0.25) is 0 Å². The van der Waals surface area contributed by atoms with Crippen LogP contribution in [0.15, 0.2) is 48.5 Å². The molecule has 3 aromatic carbocycles. The fourth-order valence-corrected chi connectivity index (χ4v) is 4.04. The molecular formula is C25H22FNO5. The first-order valence-corrected chi connectivity index (χ1v) is 10.3. The summed E-state index contributed by atoms with van der Waals surface area (Å²) in [6.45, 7) is 1.84. The number of aromatic hydroxyl groups is 1. The molecule has 0 aliphatic heterocycles. The van der Waals surface area contributed by atoms with Crippen LogP contribution in [0.4, 0.5) is 10.1 Å². The lowest BCUT2D eigenvalue weighted by Gasteiger charge is -2.18. The zero-order valence-corrected chi connectivity index (χ0v) is 17.4. The van der Waals surface area contributed by atoms with E-state index in [2.05, 4.69) is 5.32 Å². The van der Waals surface area contributed by atoms with E-state index in [0.717, 1.165) is 35.1 Å². The molecular weight excluding hydrogens is 413 g/mol. The number of amides is 1. The van der Waals surface area contributed by atoms with E-state index in [4.69, 9.17) is 9.84 Å². The molecule has 3 N–H and O–H groups in total. The Morgan fingerprint density at radius 2 is 1.78 bits per heavy atom. The van der Waals surface area contributed by atoms with Crippen LogP contribution in [0.3, 0.4) is 0 Å². The lowest BCUT2D eigenvalue weighted by molar-refractivity contribution is -0.147. The van der Waals surface area contributed by atoms with Gasteiger partial charge in [0.2, 0.25) is 0 Å². The summed E-state index contributed by atoms with van der Waals surface area (Å²) in [5.41, 5.74) is 4.59. The van der Waals surface area contributed by atoms with Crippen LogP contribution in [-0.2, 0) is 28.9 Å². The summed E-state index contributed by atoms with van der Waals surface area (Å²) in [7, 11) is 0. The Balaban J connectivity index is 1.63. The second-order valence-electron chi connectivity index (χ2n) is 7.84. The molecule has 0 saturated carbocycles. The number of aryl methyl sites for hydroxylation is 1. The highest BCUT2D eigenvalue weighted by molar-refractivity contribution is 6.36. The third-order valence-corrected chi connectivity index (χ3v) is 5.56. The number of hydrogen-bond donors (Lipinski definition) is 3. The van der Waals surface area contributed by atoms with Gasteiger partial charge in [-0.05, 0) is 79.3 Å². The maximum Gasteiger partial charge on any atom is 0.394 e. The van der Waals surface area contributed by atoms with Gasteiger partial charge in [-0.25, -0.2) is 9.18 Å². The molecule has 1 amide bonds. The average Bonchev–Trinajstić information content (AvgIpc) is 3.24. The minimum Gasteiger partial charge on any atom is -0.508 e. The molecule has 1 aliphatic carbocycles. The molecule has 0 bridgehead atoms. The third-order valence-electron chi connectivity index (χ3n) is 5.56. The van der Waals surface area contributed by atoms with Crippen molar-refractivity contribution in [3.8, 4) is 17.2 Å². The Hall–Kier alpha value is -3.87. The van der Waals surface area contributed by atoms with Gasteiger partial charge in [-0.1, -0.05) is 12.1 Å². The van der Waals surface area contributed by atoms with E-state index >= 15 is 0 Å². The van der Waals surface area contributed by atoms with Crippen molar-refractivity contribution in [2.45, 2.75) is 32.6 Å². The summed E-state index contributed by atoms with van der Waals surface area (Å²) >= 11 is 0. The Morgan fingerprint density at radius 3 is 2.50 bits per heavy atom. The van der Waals surface area contributed by atoms with Gasteiger partial charge in [0.1, 0.15) is 23.1 Å². The smallest absolute Gasteiger partial charge is 0.394 e. The number of phenolic OH excluding ortho intramolecular Hbond substituents is 1. The summed E-state index contributed by atoms with van der Waals surface area (Å²) in [4.78, 5) is 22.6. The molecule has 3 aromatic rings. The topological polar surface area (TPSA) is 95.9 Å². The number of carboxylic acids is 1. The Morgan fingerprint density at radius 1 is 1.06 bits per heavy atom. The monoisotopic (exact) mass is 435 g/mol. The number of rotatable bonds is 5. The molecule has 0 unspecified atom stereocenters. The highest BCUT2D eigenvalue weighted by Gasteiger charge is 2.24. The van der Waals surface area contributed by atoms with Crippen LogP contribution in [0.1, 0.15) is 34.2 Å². The van der Waals surface area contributed by atoms with Crippen molar-refractivity contribution in [3.05, 3.63) is 82.2 Å². The predicted molar refractivity (Wildman–Crippen MR) is 117 cm³/mol. The second kappa shape index (κ2) is 8.70. The molecule has 4 rings (SSSR count). The van der Waals surface area contributed by atoms with Gasteiger partial charge < -0.3 is 20.3 Å². The second-order valence-corrected chi connectivity index (χ2v) is 7.84. The summed E-state index contributed by atoms with van der Waals surface area (Å²) in [6.07, 6.45) is 2.76. The van der Waals surface area contributed by atoms with Crippen molar-refractivity contribution in [2.24, 2.45) is 0 Å². The minimum atomic E-state index is -1.53. The third kappa shape index (κ3) is 4.42. The highest BCUT2D eigenvalue weighted by Crippen LogP contribution is 2.41. The van der Waals surface area contributed by atoms with Gasteiger partial charge in [0.25, 0.3) is 0 Å². The van der Waals surface area contributed by atoms with Crippen molar-refractivity contribution in [1.82, 2.24) is 0 Å². The SMILES string of the molecule is Cc1cc(NC(=O)C(=O)O)c2c(c1Oc1ccc(O)c(Cc3ccc(F)cc3)c1)CCC2. The molecule has 6 nitrogen and oxygen atoms in total. The van der Waals surface area contributed by atoms with Crippen molar-refractivity contribution in [2.75, 3.05) is 5.32 Å². The van der Waals surface area contributed by atoms with Gasteiger partial charge in [0.15, 0.2) is 0 Å². The Kier molecular flexibility index (Phi) is 5.81. The largest absolute Gasteiger partial charge is 0.508 e. The van der Waals surface area contributed by atoms with E-state index in [1.54, 1.807) is 36.4 Å².